The van der Waals surface area contributed by atoms with Crippen LogP contribution in [0.1, 0.15) is 25.0 Å². The molecule has 2 aromatic rings. The Balaban J connectivity index is 1.61. The zero-order valence-electron chi connectivity index (χ0n) is 17.9. The molecule has 1 aliphatic rings. The van der Waals surface area contributed by atoms with Crippen LogP contribution in [0.4, 0.5) is 0 Å². The minimum atomic E-state index is -1.51. The van der Waals surface area contributed by atoms with Crippen LogP contribution in [-0.4, -0.2) is 71.6 Å². The van der Waals surface area contributed by atoms with E-state index in [1.807, 2.05) is 25.1 Å². The van der Waals surface area contributed by atoms with E-state index in [2.05, 4.69) is 66.7 Å². The van der Waals surface area contributed by atoms with Crippen LogP contribution < -0.4 is 5.19 Å². The van der Waals surface area contributed by atoms with Crippen LogP contribution in [-0.2, 0) is 8.85 Å². The number of benzene rings is 2. The SMILES string of the molecule is C=C(c1ccccc1)c1ccc([Si](OCC)OC(C)CN2CCN(C)CC2)cc1. The Bertz CT molecular complexity index is 758. The third-order valence-corrected chi connectivity index (χ3v) is 7.26. The second-order valence-corrected chi connectivity index (χ2v) is 9.35. The predicted molar refractivity (Wildman–Crippen MR) is 123 cm³/mol. The molecule has 0 N–H and O–H groups in total. The van der Waals surface area contributed by atoms with Gasteiger partial charge in [0.1, 0.15) is 0 Å². The Morgan fingerprint density at radius 2 is 1.62 bits per heavy atom. The van der Waals surface area contributed by atoms with Gasteiger partial charge in [0.05, 0.1) is 6.10 Å². The highest BCUT2D eigenvalue weighted by Crippen LogP contribution is 2.20. The molecule has 1 aliphatic heterocycles. The van der Waals surface area contributed by atoms with Gasteiger partial charge >= 0.3 is 9.28 Å². The quantitative estimate of drug-likeness (QED) is 0.594. The zero-order chi connectivity index (χ0) is 20.6. The van der Waals surface area contributed by atoms with Crippen molar-refractivity contribution in [2.75, 3.05) is 46.4 Å². The lowest BCUT2D eigenvalue weighted by Crippen LogP contribution is -2.48. The van der Waals surface area contributed by atoms with Gasteiger partial charge in [-0.15, -0.1) is 0 Å². The van der Waals surface area contributed by atoms with Crippen molar-refractivity contribution >= 4 is 20.0 Å². The molecular formula is C24H33N2O2Si. The molecule has 1 radical (unpaired) electrons. The summed E-state index contributed by atoms with van der Waals surface area (Å²) in [6.45, 7) is 14.5. The van der Waals surface area contributed by atoms with Crippen LogP contribution in [0.5, 0.6) is 0 Å². The zero-order valence-corrected chi connectivity index (χ0v) is 18.9. The minimum absolute atomic E-state index is 0.151. The van der Waals surface area contributed by atoms with Gasteiger partial charge in [-0.2, -0.15) is 0 Å². The molecule has 1 fully saturated rings. The van der Waals surface area contributed by atoms with Crippen LogP contribution in [0.15, 0.2) is 61.2 Å². The molecule has 1 atom stereocenters. The van der Waals surface area contributed by atoms with Crippen molar-refractivity contribution in [3.05, 3.63) is 72.3 Å². The molecule has 3 rings (SSSR count). The molecule has 1 unspecified atom stereocenters. The summed E-state index contributed by atoms with van der Waals surface area (Å²) in [5, 5.41) is 1.15. The van der Waals surface area contributed by atoms with Gasteiger partial charge in [-0.3, -0.25) is 4.90 Å². The molecule has 0 spiro atoms. The van der Waals surface area contributed by atoms with Crippen LogP contribution in [0.3, 0.4) is 0 Å². The second kappa shape index (κ2) is 10.9. The van der Waals surface area contributed by atoms with E-state index < -0.39 is 9.28 Å². The molecule has 29 heavy (non-hydrogen) atoms. The Labute approximate surface area is 177 Å². The van der Waals surface area contributed by atoms with Crippen molar-refractivity contribution in [1.82, 2.24) is 9.80 Å². The fraction of sp³-hybridized carbons (Fsp3) is 0.417. The largest absolute Gasteiger partial charge is 0.423 e. The maximum absolute atomic E-state index is 6.39. The van der Waals surface area contributed by atoms with E-state index >= 15 is 0 Å². The van der Waals surface area contributed by atoms with Crippen molar-refractivity contribution in [1.29, 1.82) is 0 Å². The smallest absolute Gasteiger partial charge is 0.390 e. The van der Waals surface area contributed by atoms with Crippen LogP contribution in [0.2, 0.25) is 0 Å². The Morgan fingerprint density at radius 3 is 2.24 bits per heavy atom. The predicted octanol–water partition coefficient (Wildman–Crippen LogP) is 3.13. The van der Waals surface area contributed by atoms with Crippen molar-refractivity contribution in [2.45, 2.75) is 20.0 Å². The van der Waals surface area contributed by atoms with Crippen LogP contribution in [0, 0.1) is 0 Å². The average molecular weight is 410 g/mol. The highest BCUT2D eigenvalue weighted by Gasteiger charge is 2.24. The number of hydrogen-bond donors (Lipinski definition) is 0. The summed E-state index contributed by atoms with van der Waals surface area (Å²) >= 11 is 0. The summed E-state index contributed by atoms with van der Waals surface area (Å²) in [5.41, 5.74) is 3.31. The van der Waals surface area contributed by atoms with E-state index in [-0.39, 0.29) is 6.10 Å². The van der Waals surface area contributed by atoms with Gasteiger partial charge < -0.3 is 13.8 Å². The topological polar surface area (TPSA) is 24.9 Å². The fourth-order valence-corrected chi connectivity index (χ4v) is 5.06. The lowest BCUT2D eigenvalue weighted by atomic mass is 10.00. The van der Waals surface area contributed by atoms with E-state index in [9.17, 15) is 0 Å². The van der Waals surface area contributed by atoms with E-state index in [1.54, 1.807) is 0 Å². The van der Waals surface area contributed by atoms with Gasteiger partial charge in [-0.05, 0) is 42.8 Å². The molecule has 0 aromatic heterocycles. The molecular weight excluding hydrogens is 376 g/mol. The number of rotatable bonds is 9. The average Bonchev–Trinajstić information content (AvgIpc) is 2.75. The molecule has 155 valence electrons. The van der Waals surface area contributed by atoms with Crippen molar-refractivity contribution in [3.63, 3.8) is 0 Å². The molecule has 0 bridgehead atoms. The summed E-state index contributed by atoms with van der Waals surface area (Å²) in [6, 6.07) is 18.8. The maximum Gasteiger partial charge on any atom is 0.423 e. The lowest BCUT2D eigenvalue weighted by Gasteiger charge is -2.34. The van der Waals surface area contributed by atoms with Gasteiger partial charge in [0.25, 0.3) is 0 Å². The first-order valence-electron chi connectivity index (χ1n) is 10.5. The molecule has 5 heteroatoms. The summed E-state index contributed by atoms with van der Waals surface area (Å²) in [4.78, 5) is 4.87. The van der Waals surface area contributed by atoms with Crippen molar-refractivity contribution in [2.24, 2.45) is 0 Å². The minimum Gasteiger partial charge on any atom is -0.390 e. The van der Waals surface area contributed by atoms with E-state index in [4.69, 9.17) is 8.85 Å². The first-order chi connectivity index (χ1) is 14.1. The fourth-order valence-electron chi connectivity index (χ4n) is 3.54. The third kappa shape index (κ3) is 6.36. The first-order valence-corrected chi connectivity index (χ1v) is 11.8. The Morgan fingerprint density at radius 1 is 1.00 bits per heavy atom. The monoisotopic (exact) mass is 409 g/mol. The van der Waals surface area contributed by atoms with Gasteiger partial charge in [0.2, 0.25) is 0 Å². The van der Waals surface area contributed by atoms with E-state index in [0.717, 1.165) is 54.6 Å². The summed E-state index contributed by atoms with van der Waals surface area (Å²) < 4.78 is 12.4. The van der Waals surface area contributed by atoms with Gasteiger partial charge in [0.15, 0.2) is 0 Å². The lowest BCUT2D eigenvalue weighted by molar-refractivity contribution is 0.0859. The standard InChI is InChI=1S/C24H33N2O2Si/c1-5-27-29(28-20(2)19-26-17-15-25(4)16-18-26)24-13-11-23(12-14-24)21(3)22-9-7-6-8-10-22/h6-14,20H,3,5,15-19H2,1-2,4H3. The van der Waals surface area contributed by atoms with Crippen LogP contribution in [0.25, 0.3) is 5.57 Å². The number of piperazine rings is 1. The van der Waals surface area contributed by atoms with Gasteiger partial charge in [-0.1, -0.05) is 61.2 Å². The van der Waals surface area contributed by atoms with E-state index in [0.29, 0.717) is 6.61 Å². The summed E-state index contributed by atoms with van der Waals surface area (Å²) in [6.07, 6.45) is 0.151. The second-order valence-electron chi connectivity index (χ2n) is 7.67. The highest BCUT2D eigenvalue weighted by atomic mass is 28.3. The number of hydrogen-bond acceptors (Lipinski definition) is 4. The number of likely N-dealkylation sites (N-methyl/N-ethyl adjacent to an activating group) is 1. The Kier molecular flexibility index (Phi) is 8.21. The van der Waals surface area contributed by atoms with Gasteiger partial charge in [0, 0.05) is 39.3 Å². The highest BCUT2D eigenvalue weighted by molar-refractivity contribution is 6.61. The van der Waals surface area contributed by atoms with Crippen molar-refractivity contribution < 1.29 is 8.85 Å². The molecule has 1 saturated heterocycles. The molecule has 0 amide bonds. The third-order valence-electron chi connectivity index (χ3n) is 5.29. The Hall–Kier alpha value is -1.76. The van der Waals surface area contributed by atoms with Gasteiger partial charge in [-0.25, -0.2) is 0 Å². The van der Waals surface area contributed by atoms with Crippen LogP contribution >= 0.6 is 0 Å². The number of nitrogens with zero attached hydrogens (tertiary/aromatic N) is 2. The van der Waals surface area contributed by atoms with Crippen molar-refractivity contribution in [3.8, 4) is 0 Å². The molecule has 0 saturated carbocycles. The molecule has 0 aliphatic carbocycles. The molecule has 4 nitrogen and oxygen atoms in total. The summed E-state index contributed by atoms with van der Waals surface area (Å²) in [5.74, 6) is 0. The first kappa shape index (κ1) is 21.9. The molecule has 1 heterocycles. The normalized spacial score (nSPS) is 16.8. The molecule has 2 aromatic carbocycles. The maximum atomic E-state index is 6.39. The summed E-state index contributed by atoms with van der Waals surface area (Å²) in [7, 11) is 0.679. The van der Waals surface area contributed by atoms with E-state index in [1.165, 1.54) is 0 Å².